The Hall–Kier alpha value is -4.67. The third-order valence-electron chi connectivity index (χ3n) is 6.39. The number of pyridine rings is 1. The Kier molecular flexibility index (Phi) is 8.32. The number of hydrogen-bond donors (Lipinski definition) is 1. The first-order chi connectivity index (χ1) is 19.9. The van der Waals surface area contributed by atoms with E-state index in [9.17, 15) is 8.42 Å². The number of anilines is 1. The number of nitrogens with one attached hydrogen (secondary N) is 1. The summed E-state index contributed by atoms with van der Waals surface area (Å²) in [4.78, 5) is 4.34. The lowest BCUT2D eigenvalue weighted by atomic mass is 10.1. The summed E-state index contributed by atoms with van der Waals surface area (Å²) in [6, 6.07) is 27.3. The van der Waals surface area contributed by atoms with Gasteiger partial charge in [0.2, 0.25) is 0 Å². The second-order valence-corrected chi connectivity index (χ2v) is 10.7. The SMILES string of the molecule is COc1cc2nccc(Oc3ccc(N(Cc4ccccc4)S(=O)(=O)NCc4ccccc4)cc3F)c2cc1OC. The van der Waals surface area contributed by atoms with E-state index in [1.54, 1.807) is 24.4 Å². The first-order valence-electron chi connectivity index (χ1n) is 12.7. The van der Waals surface area contributed by atoms with Gasteiger partial charge in [-0.15, -0.1) is 0 Å². The molecule has 0 atom stereocenters. The smallest absolute Gasteiger partial charge is 0.302 e. The van der Waals surface area contributed by atoms with Crippen LogP contribution in [0.15, 0.2) is 103 Å². The maximum absolute atomic E-state index is 15.5. The molecule has 0 aliphatic heterocycles. The van der Waals surface area contributed by atoms with Crippen molar-refractivity contribution in [3.8, 4) is 23.0 Å². The van der Waals surface area contributed by atoms with Gasteiger partial charge in [0, 0.05) is 30.3 Å². The van der Waals surface area contributed by atoms with Gasteiger partial charge in [-0.25, -0.2) is 4.39 Å². The van der Waals surface area contributed by atoms with Crippen LogP contribution in [0.25, 0.3) is 10.9 Å². The van der Waals surface area contributed by atoms with Crippen molar-refractivity contribution in [2.24, 2.45) is 0 Å². The standard InChI is InChI=1S/C31H28FN3O5S/c1-38-30-18-25-27(19-31(30)39-2)33-16-15-28(25)40-29-14-13-24(17-26(29)32)35(21-23-11-7-4-8-12-23)41(36,37)34-20-22-9-5-3-6-10-22/h3-19,34H,20-21H2,1-2H3. The molecule has 1 N–H and O–H groups in total. The normalized spacial score (nSPS) is 11.3. The predicted octanol–water partition coefficient (Wildman–Crippen LogP) is 6.22. The molecule has 1 heterocycles. The van der Waals surface area contributed by atoms with Gasteiger partial charge in [-0.1, -0.05) is 60.7 Å². The third kappa shape index (κ3) is 6.40. The average molecular weight is 574 g/mol. The van der Waals surface area contributed by atoms with Crippen molar-refractivity contribution in [2.75, 3.05) is 18.5 Å². The van der Waals surface area contributed by atoms with Crippen LogP contribution in [0.3, 0.4) is 0 Å². The Balaban J connectivity index is 1.46. The molecule has 41 heavy (non-hydrogen) atoms. The molecule has 0 fully saturated rings. The van der Waals surface area contributed by atoms with Gasteiger partial charge in [0.05, 0.1) is 32.0 Å². The summed E-state index contributed by atoms with van der Waals surface area (Å²) in [6.45, 7) is 0.0860. The molecular weight excluding hydrogens is 545 g/mol. The third-order valence-corrected chi connectivity index (χ3v) is 7.82. The van der Waals surface area contributed by atoms with Crippen molar-refractivity contribution in [3.63, 3.8) is 0 Å². The summed E-state index contributed by atoms with van der Waals surface area (Å²) in [5.41, 5.74) is 2.25. The molecule has 0 spiro atoms. The highest BCUT2D eigenvalue weighted by Gasteiger charge is 2.24. The van der Waals surface area contributed by atoms with Crippen LogP contribution in [0.1, 0.15) is 11.1 Å². The zero-order chi connectivity index (χ0) is 28.8. The van der Waals surface area contributed by atoms with E-state index in [-0.39, 0.29) is 24.5 Å². The zero-order valence-corrected chi connectivity index (χ0v) is 23.3. The number of nitrogens with zero attached hydrogens (tertiary/aromatic N) is 2. The summed E-state index contributed by atoms with van der Waals surface area (Å²) < 4.78 is 62.9. The largest absolute Gasteiger partial charge is 0.493 e. The molecule has 1 aromatic heterocycles. The molecule has 0 aliphatic rings. The Morgan fingerprint density at radius 2 is 1.44 bits per heavy atom. The van der Waals surface area contributed by atoms with Crippen LogP contribution in [0.2, 0.25) is 0 Å². The lowest BCUT2D eigenvalue weighted by molar-refractivity contribution is 0.355. The molecule has 0 aliphatic carbocycles. The first kappa shape index (κ1) is 27.9. The highest BCUT2D eigenvalue weighted by atomic mass is 32.2. The molecule has 0 amide bonds. The molecule has 8 nitrogen and oxygen atoms in total. The van der Waals surface area contributed by atoms with Crippen LogP contribution in [0, 0.1) is 5.82 Å². The topological polar surface area (TPSA) is 90.0 Å². The molecular formula is C31H28FN3O5S. The van der Waals surface area contributed by atoms with E-state index in [1.807, 2.05) is 60.7 Å². The maximum Gasteiger partial charge on any atom is 0.302 e. The van der Waals surface area contributed by atoms with E-state index in [4.69, 9.17) is 14.2 Å². The Morgan fingerprint density at radius 3 is 2.10 bits per heavy atom. The lowest BCUT2D eigenvalue weighted by Gasteiger charge is -2.25. The fourth-order valence-corrected chi connectivity index (χ4v) is 5.51. The fraction of sp³-hybridized carbons (Fsp3) is 0.129. The van der Waals surface area contributed by atoms with Gasteiger partial charge >= 0.3 is 10.2 Å². The van der Waals surface area contributed by atoms with Crippen molar-refractivity contribution in [2.45, 2.75) is 13.1 Å². The van der Waals surface area contributed by atoms with Gasteiger partial charge in [-0.05, 0) is 35.4 Å². The molecule has 0 unspecified atom stereocenters. The molecule has 0 radical (unpaired) electrons. The minimum atomic E-state index is -4.06. The van der Waals surface area contributed by atoms with E-state index in [2.05, 4.69) is 9.71 Å². The fourth-order valence-electron chi connectivity index (χ4n) is 4.30. The number of hydrogen-bond acceptors (Lipinski definition) is 6. The van der Waals surface area contributed by atoms with Gasteiger partial charge in [-0.2, -0.15) is 13.1 Å². The molecule has 0 saturated carbocycles. The summed E-state index contributed by atoms with van der Waals surface area (Å²) in [6.07, 6.45) is 1.54. The van der Waals surface area contributed by atoms with E-state index in [0.717, 1.165) is 21.5 Å². The number of rotatable bonds is 11. The van der Waals surface area contributed by atoms with Crippen LogP contribution in [-0.4, -0.2) is 27.6 Å². The number of methoxy groups -OCH3 is 2. The van der Waals surface area contributed by atoms with Gasteiger partial charge < -0.3 is 14.2 Å². The van der Waals surface area contributed by atoms with Gasteiger partial charge in [0.25, 0.3) is 0 Å². The number of ether oxygens (including phenoxy) is 3. The first-order valence-corrected chi connectivity index (χ1v) is 14.2. The summed E-state index contributed by atoms with van der Waals surface area (Å²) >= 11 is 0. The Morgan fingerprint density at radius 1 is 0.780 bits per heavy atom. The van der Waals surface area contributed by atoms with E-state index >= 15 is 4.39 Å². The molecule has 0 saturated heterocycles. The quantitative estimate of drug-likeness (QED) is 0.202. The number of halogens is 1. The maximum atomic E-state index is 15.5. The summed E-state index contributed by atoms with van der Waals surface area (Å²) in [5, 5.41) is 0.590. The Labute approximate surface area is 238 Å². The minimum Gasteiger partial charge on any atom is -0.493 e. The number of benzene rings is 4. The van der Waals surface area contributed by atoms with Gasteiger partial charge in [0.15, 0.2) is 23.1 Å². The van der Waals surface area contributed by atoms with Crippen LogP contribution < -0.4 is 23.2 Å². The van der Waals surface area contributed by atoms with E-state index < -0.39 is 16.0 Å². The summed E-state index contributed by atoms with van der Waals surface area (Å²) in [7, 11) is -1.02. The van der Waals surface area contributed by atoms with Crippen LogP contribution in [0.4, 0.5) is 10.1 Å². The van der Waals surface area contributed by atoms with Crippen LogP contribution >= 0.6 is 0 Å². The van der Waals surface area contributed by atoms with Crippen molar-refractivity contribution in [3.05, 3.63) is 120 Å². The second-order valence-electron chi connectivity index (χ2n) is 9.05. The molecule has 4 aromatic carbocycles. The predicted molar refractivity (Wildman–Crippen MR) is 156 cm³/mol. The zero-order valence-electron chi connectivity index (χ0n) is 22.5. The minimum absolute atomic E-state index is 0.00122. The van der Waals surface area contributed by atoms with Crippen molar-refractivity contribution in [1.29, 1.82) is 0 Å². The van der Waals surface area contributed by atoms with Crippen LogP contribution in [-0.2, 0) is 23.3 Å². The van der Waals surface area contributed by atoms with Crippen LogP contribution in [0.5, 0.6) is 23.0 Å². The average Bonchev–Trinajstić information content (AvgIpc) is 3.00. The molecule has 5 aromatic rings. The van der Waals surface area contributed by atoms with Crippen molar-refractivity contribution < 1.29 is 27.0 Å². The summed E-state index contributed by atoms with van der Waals surface area (Å²) in [5.74, 6) is 0.509. The second kappa shape index (κ2) is 12.2. The van der Waals surface area contributed by atoms with Crippen molar-refractivity contribution >= 4 is 26.8 Å². The monoisotopic (exact) mass is 573 g/mol. The van der Waals surface area contributed by atoms with Gasteiger partial charge in [0.1, 0.15) is 5.75 Å². The highest BCUT2D eigenvalue weighted by molar-refractivity contribution is 7.90. The van der Waals surface area contributed by atoms with E-state index in [0.29, 0.717) is 28.2 Å². The van der Waals surface area contributed by atoms with Gasteiger partial charge in [-0.3, -0.25) is 9.29 Å². The highest BCUT2D eigenvalue weighted by Crippen LogP contribution is 2.38. The lowest BCUT2D eigenvalue weighted by Crippen LogP contribution is -2.40. The number of fused-ring (bicyclic) bond motifs is 1. The number of aromatic nitrogens is 1. The molecule has 0 bridgehead atoms. The van der Waals surface area contributed by atoms with Crippen molar-refractivity contribution in [1.82, 2.24) is 9.71 Å². The molecule has 5 rings (SSSR count). The van der Waals surface area contributed by atoms with E-state index in [1.165, 1.54) is 26.4 Å². The molecule has 210 valence electrons. The molecule has 10 heteroatoms. The Bertz CT molecular complexity index is 1750.